The first-order valence-electron chi connectivity index (χ1n) is 7.28. The van der Waals surface area contributed by atoms with Crippen LogP contribution in [0.2, 0.25) is 5.02 Å². The van der Waals surface area contributed by atoms with Crippen LogP contribution >= 0.6 is 11.6 Å². The molecule has 0 spiro atoms. The first kappa shape index (κ1) is 18.4. The Hall–Kier alpha value is -2.93. The summed E-state index contributed by atoms with van der Waals surface area (Å²) in [5.41, 5.74) is 0.179. The highest BCUT2D eigenvalue weighted by molar-refractivity contribution is 6.33. The molecule has 0 unspecified atom stereocenters. The summed E-state index contributed by atoms with van der Waals surface area (Å²) in [6, 6.07) is 12.3. The third-order valence-electron chi connectivity index (χ3n) is 3.49. The molecule has 0 saturated carbocycles. The van der Waals surface area contributed by atoms with E-state index in [0.29, 0.717) is 5.69 Å². The van der Waals surface area contributed by atoms with Gasteiger partial charge in [0, 0.05) is 24.9 Å². The number of ether oxygens (including phenoxy) is 1. The second kappa shape index (κ2) is 7.76. The highest BCUT2D eigenvalue weighted by atomic mass is 35.5. The third-order valence-corrected chi connectivity index (χ3v) is 3.82. The van der Waals surface area contributed by atoms with Gasteiger partial charge in [-0.2, -0.15) is 0 Å². The minimum atomic E-state index is -1.09. The number of esters is 1. The highest BCUT2D eigenvalue weighted by Gasteiger charge is 2.25. The Morgan fingerprint density at radius 3 is 2.44 bits per heavy atom. The molecule has 130 valence electrons. The molecule has 0 aliphatic heterocycles. The lowest BCUT2D eigenvalue weighted by Crippen LogP contribution is -2.37. The van der Waals surface area contributed by atoms with Crippen molar-refractivity contribution in [3.8, 4) is 0 Å². The number of benzene rings is 2. The van der Waals surface area contributed by atoms with E-state index < -0.39 is 22.9 Å². The number of nitro groups is 1. The zero-order valence-electron chi connectivity index (χ0n) is 13.5. The van der Waals surface area contributed by atoms with Crippen molar-refractivity contribution in [1.29, 1.82) is 0 Å². The van der Waals surface area contributed by atoms with Crippen LogP contribution in [0.1, 0.15) is 17.3 Å². The van der Waals surface area contributed by atoms with Gasteiger partial charge >= 0.3 is 5.97 Å². The second-order valence-corrected chi connectivity index (χ2v) is 5.61. The molecule has 7 nitrogen and oxygen atoms in total. The standard InChI is InChI=1S/C17H15ClN2O5/c1-11(16(21)19(2)12-6-4-3-5-7-12)25-17(22)14-10-13(20(23)24)8-9-15(14)18/h3-11H,1-2H3/t11-/m1/s1. The zero-order valence-corrected chi connectivity index (χ0v) is 14.3. The van der Waals surface area contributed by atoms with Crippen molar-refractivity contribution in [2.45, 2.75) is 13.0 Å². The van der Waals surface area contributed by atoms with Crippen molar-refractivity contribution < 1.29 is 19.2 Å². The number of hydrogen-bond acceptors (Lipinski definition) is 5. The molecule has 2 aromatic rings. The van der Waals surface area contributed by atoms with E-state index >= 15 is 0 Å². The Balaban J connectivity index is 2.13. The minimum absolute atomic E-state index is 0.00617. The van der Waals surface area contributed by atoms with Crippen LogP contribution in [0.15, 0.2) is 48.5 Å². The lowest BCUT2D eigenvalue weighted by molar-refractivity contribution is -0.384. The zero-order chi connectivity index (χ0) is 18.6. The van der Waals surface area contributed by atoms with Crippen molar-refractivity contribution in [2.75, 3.05) is 11.9 Å². The van der Waals surface area contributed by atoms with Crippen LogP contribution in [0.3, 0.4) is 0 Å². The second-order valence-electron chi connectivity index (χ2n) is 5.20. The molecule has 25 heavy (non-hydrogen) atoms. The summed E-state index contributed by atoms with van der Waals surface area (Å²) >= 11 is 5.90. The van der Waals surface area contributed by atoms with Gasteiger partial charge in [-0.15, -0.1) is 0 Å². The summed E-state index contributed by atoms with van der Waals surface area (Å²) in [5.74, 6) is -1.35. The van der Waals surface area contributed by atoms with Gasteiger partial charge in [-0.25, -0.2) is 4.79 Å². The number of carbonyl (C=O) groups excluding carboxylic acids is 2. The molecule has 0 aromatic heterocycles. The number of rotatable bonds is 5. The topological polar surface area (TPSA) is 89.7 Å². The SMILES string of the molecule is C[C@@H](OC(=O)c1cc([N+](=O)[O-])ccc1Cl)C(=O)N(C)c1ccccc1. The number of amides is 1. The fourth-order valence-corrected chi connectivity index (χ4v) is 2.30. The number of hydrogen-bond donors (Lipinski definition) is 0. The van der Waals surface area contributed by atoms with Gasteiger partial charge in [-0.1, -0.05) is 29.8 Å². The number of non-ortho nitro benzene ring substituents is 1. The molecule has 0 N–H and O–H groups in total. The molecular weight excluding hydrogens is 348 g/mol. The first-order chi connectivity index (χ1) is 11.8. The lowest BCUT2D eigenvalue weighted by Gasteiger charge is -2.21. The van der Waals surface area contributed by atoms with Gasteiger partial charge < -0.3 is 9.64 Å². The number of nitrogens with zero attached hydrogens (tertiary/aromatic N) is 2. The van der Waals surface area contributed by atoms with Crippen LogP contribution in [0.25, 0.3) is 0 Å². The molecular formula is C17H15ClN2O5. The predicted octanol–water partition coefficient (Wildman–Crippen LogP) is 3.46. The van der Waals surface area contributed by atoms with Crippen LogP contribution in [0.5, 0.6) is 0 Å². The number of carbonyl (C=O) groups is 2. The maximum Gasteiger partial charge on any atom is 0.340 e. The number of nitro benzene ring substituents is 1. The monoisotopic (exact) mass is 362 g/mol. The molecule has 0 saturated heterocycles. The summed E-state index contributed by atoms with van der Waals surface area (Å²) in [6.45, 7) is 1.42. The maximum absolute atomic E-state index is 12.4. The summed E-state index contributed by atoms with van der Waals surface area (Å²) in [4.78, 5) is 36.1. The van der Waals surface area contributed by atoms with Crippen LogP contribution in [-0.4, -0.2) is 30.0 Å². The molecule has 1 atom stereocenters. The molecule has 8 heteroatoms. The van der Waals surface area contributed by atoms with Gasteiger partial charge in [0.1, 0.15) is 0 Å². The molecule has 0 fully saturated rings. The first-order valence-corrected chi connectivity index (χ1v) is 7.66. The Morgan fingerprint density at radius 2 is 1.84 bits per heavy atom. The van der Waals surface area contributed by atoms with Crippen molar-refractivity contribution in [3.05, 3.63) is 69.2 Å². The number of anilines is 1. The van der Waals surface area contributed by atoms with Crippen molar-refractivity contribution in [2.24, 2.45) is 0 Å². The average Bonchev–Trinajstić information content (AvgIpc) is 2.61. The van der Waals surface area contributed by atoms with E-state index in [-0.39, 0.29) is 16.3 Å². The van der Waals surface area contributed by atoms with Gasteiger partial charge in [-0.05, 0) is 25.1 Å². The largest absolute Gasteiger partial charge is 0.449 e. The molecule has 2 aromatic carbocycles. The summed E-state index contributed by atoms with van der Waals surface area (Å²) < 4.78 is 5.12. The van der Waals surface area contributed by atoms with Gasteiger partial charge in [-0.3, -0.25) is 14.9 Å². The number of likely N-dealkylation sites (N-methyl/N-ethyl adjacent to an activating group) is 1. The average molecular weight is 363 g/mol. The van der Waals surface area contributed by atoms with Gasteiger partial charge in [0.05, 0.1) is 15.5 Å². The Bertz CT molecular complexity index is 810. The third kappa shape index (κ3) is 4.33. The molecule has 0 aliphatic rings. The molecule has 0 heterocycles. The fraction of sp³-hybridized carbons (Fsp3) is 0.176. The Labute approximate surface area is 148 Å². The maximum atomic E-state index is 12.4. The smallest absolute Gasteiger partial charge is 0.340 e. The van der Waals surface area contributed by atoms with Gasteiger partial charge in [0.2, 0.25) is 0 Å². The van der Waals surface area contributed by atoms with Crippen molar-refractivity contribution in [1.82, 2.24) is 0 Å². The van der Waals surface area contributed by atoms with E-state index in [1.807, 2.05) is 6.07 Å². The summed E-state index contributed by atoms with van der Waals surface area (Å²) in [6.07, 6.45) is -1.09. The summed E-state index contributed by atoms with van der Waals surface area (Å²) in [7, 11) is 1.56. The van der Waals surface area contributed by atoms with Crippen molar-refractivity contribution in [3.63, 3.8) is 0 Å². The number of para-hydroxylation sites is 1. The van der Waals surface area contributed by atoms with E-state index in [4.69, 9.17) is 16.3 Å². The highest BCUT2D eigenvalue weighted by Crippen LogP contribution is 2.23. The molecule has 0 bridgehead atoms. The van der Waals surface area contributed by atoms with E-state index in [2.05, 4.69) is 0 Å². The molecule has 0 radical (unpaired) electrons. The van der Waals surface area contributed by atoms with Crippen LogP contribution < -0.4 is 4.90 Å². The lowest BCUT2D eigenvalue weighted by atomic mass is 10.2. The Morgan fingerprint density at radius 1 is 1.20 bits per heavy atom. The van der Waals surface area contributed by atoms with E-state index in [1.165, 1.54) is 24.0 Å². The van der Waals surface area contributed by atoms with E-state index in [1.54, 1.807) is 31.3 Å². The molecule has 2 rings (SSSR count). The van der Waals surface area contributed by atoms with Crippen LogP contribution in [0, 0.1) is 10.1 Å². The minimum Gasteiger partial charge on any atom is -0.449 e. The predicted molar refractivity (Wildman–Crippen MR) is 92.8 cm³/mol. The van der Waals surface area contributed by atoms with Crippen LogP contribution in [-0.2, 0) is 9.53 Å². The van der Waals surface area contributed by atoms with E-state index in [9.17, 15) is 19.7 Å². The fourth-order valence-electron chi connectivity index (χ4n) is 2.11. The van der Waals surface area contributed by atoms with Crippen molar-refractivity contribution >= 4 is 34.9 Å². The normalized spacial score (nSPS) is 11.5. The quantitative estimate of drug-likeness (QED) is 0.461. The number of halogens is 1. The van der Waals surface area contributed by atoms with E-state index in [0.717, 1.165) is 6.07 Å². The van der Waals surface area contributed by atoms with Gasteiger partial charge in [0.15, 0.2) is 6.10 Å². The van der Waals surface area contributed by atoms with Gasteiger partial charge in [0.25, 0.3) is 11.6 Å². The molecule has 0 aliphatic carbocycles. The molecule has 1 amide bonds. The van der Waals surface area contributed by atoms with Crippen LogP contribution in [0.4, 0.5) is 11.4 Å². The Kier molecular flexibility index (Phi) is 5.71. The summed E-state index contributed by atoms with van der Waals surface area (Å²) in [5, 5.41) is 10.8.